The molecule has 3 heterocycles. The number of aryl methyl sites for hydroxylation is 1. The van der Waals surface area contributed by atoms with Crippen molar-refractivity contribution in [3.63, 3.8) is 0 Å². The molecule has 5 rings (SSSR count). The number of fused-ring (bicyclic) bond motifs is 1. The van der Waals surface area contributed by atoms with Crippen molar-refractivity contribution in [3.05, 3.63) is 66.6 Å². The van der Waals surface area contributed by atoms with Crippen molar-refractivity contribution in [1.29, 1.82) is 0 Å². The number of carbonyl (C=O) groups is 1. The molecule has 37 heavy (non-hydrogen) atoms. The number of amides is 1. The van der Waals surface area contributed by atoms with Crippen molar-refractivity contribution < 1.29 is 17.9 Å². The average molecular weight is 521 g/mol. The molecule has 4 aromatic rings. The van der Waals surface area contributed by atoms with Crippen LogP contribution in [0.5, 0.6) is 5.75 Å². The molecule has 0 atom stereocenters. The van der Waals surface area contributed by atoms with E-state index in [1.54, 1.807) is 29.2 Å². The van der Waals surface area contributed by atoms with Crippen molar-refractivity contribution in [1.82, 2.24) is 24.0 Å². The van der Waals surface area contributed by atoms with Crippen LogP contribution in [0.15, 0.2) is 66.0 Å². The number of methoxy groups -OCH3 is 1. The summed E-state index contributed by atoms with van der Waals surface area (Å²) in [6.07, 6.45) is 5.42. The Balaban J connectivity index is 1.41. The summed E-state index contributed by atoms with van der Waals surface area (Å²) in [6, 6.07) is 12.2. The van der Waals surface area contributed by atoms with Crippen LogP contribution >= 0.6 is 0 Å². The lowest BCUT2D eigenvalue weighted by atomic mass is 10.1. The molecular weight excluding hydrogens is 492 g/mol. The number of sulfonamides is 1. The van der Waals surface area contributed by atoms with Crippen LogP contribution in [0.3, 0.4) is 0 Å². The Bertz CT molecular complexity index is 1580. The van der Waals surface area contributed by atoms with Crippen LogP contribution in [0.4, 0.5) is 5.82 Å². The molecule has 1 aliphatic heterocycles. The summed E-state index contributed by atoms with van der Waals surface area (Å²) in [5, 5.41) is 8.85. The zero-order valence-corrected chi connectivity index (χ0v) is 21.7. The summed E-state index contributed by atoms with van der Waals surface area (Å²) in [7, 11) is 1.40. The molecule has 0 aliphatic carbocycles. The highest BCUT2D eigenvalue weighted by molar-refractivity contribution is 7.89. The zero-order chi connectivity index (χ0) is 26.2. The van der Waals surface area contributed by atoms with E-state index in [0.717, 1.165) is 21.9 Å². The lowest BCUT2D eigenvalue weighted by molar-refractivity contribution is 0.102. The van der Waals surface area contributed by atoms with Crippen LogP contribution < -0.4 is 10.1 Å². The van der Waals surface area contributed by atoms with E-state index in [0.29, 0.717) is 32.0 Å². The Kier molecular flexibility index (Phi) is 6.67. The van der Waals surface area contributed by atoms with Gasteiger partial charge in [-0.15, -0.1) is 0 Å². The summed E-state index contributed by atoms with van der Waals surface area (Å²) in [4.78, 5) is 19.5. The van der Waals surface area contributed by atoms with Gasteiger partial charge >= 0.3 is 0 Å². The summed E-state index contributed by atoms with van der Waals surface area (Å²) >= 11 is 0. The van der Waals surface area contributed by atoms with Gasteiger partial charge in [0, 0.05) is 62.1 Å². The molecule has 0 unspecified atom stereocenters. The molecule has 1 saturated heterocycles. The van der Waals surface area contributed by atoms with E-state index < -0.39 is 15.9 Å². The molecule has 0 radical (unpaired) electrons. The molecule has 2 aromatic carbocycles. The fourth-order valence-corrected chi connectivity index (χ4v) is 5.94. The molecule has 0 saturated carbocycles. The van der Waals surface area contributed by atoms with Crippen LogP contribution in [-0.4, -0.2) is 78.6 Å². The predicted octanol–water partition coefficient (Wildman–Crippen LogP) is 2.83. The van der Waals surface area contributed by atoms with Crippen LogP contribution in [0.1, 0.15) is 10.4 Å². The quantitative estimate of drug-likeness (QED) is 0.416. The van der Waals surface area contributed by atoms with Gasteiger partial charge < -0.3 is 15.0 Å². The number of anilines is 1. The molecule has 2 aromatic heterocycles. The Hall–Kier alpha value is -3.80. The average Bonchev–Trinajstić information content (AvgIpc) is 3.34. The van der Waals surface area contributed by atoms with Gasteiger partial charge in [0.1, 0.15) is 16.5 Å². The Morgan fingerprint density at radius 1 is 0.946 bits per heavy atom. The number of hydrogen-bond donors (Lipinski definition) is 1. The van der Waals surface area contributed by atoms with Crippen molar-refractivity contribution in [2.24, 2.45) is 7.05 Å². The molecule has 192 valence electrons. The minimum atomic E-state index is -3.84. The third-order valence-corrected chi connectivity index (χ3v) is 8.43. The van der Waals surface area contributed by atoms with Crippen LogP contribution in [0.2, 0.25) is 0 Å². The van der Waals surface area contributed by atoms with Crippen molar-refractivity contribution in [2.45, 2.75) is 4.90 Å². The second-order valence-corrected chi connectivity index (χ2v) is 11.0. The van der Waals surface area contributed by atoms with E-state index >= 15 is 0 Å². The molecule has 1 amide bonds. The number of hydrogen-bond acceptors (Lipinski definition) is 7. The van der Waals surface area contributed by atoms with Gasteiger partial charge in [-0.2, -0.15) is 9.40 Å². The van der Waals surface area contributed by atoms with Gasteiger partial charge in [-0.1, -0.05) is 12.1 Å². The smallest absolute Gasteiger partial charge is 0.256 e. The molecule has 1 aliphatic rings. The number of nitrogens with zero attached hydrogens (tertiary/aromatic N) is 5. The lowest BCUT2D eigenvalue weighted by Crippen LogP contribution is -2.47. The van der Waals surface area contributed by atoms with Crippen molar-refractivity contribution >= 4 is 32.5 Å². The number of rotatable bonds is 6. The van der Waals surface area contributed by atoms with Gasteiger partial charge in [-0.25, -0.2) is 13.4 Å². The SMILES string of the molecule is COc1ccc(C(=O)Nc2cc3cc(-c4cnn(C)c4)ccc3cn2)cc1S(=O)(=O)N1CCN(C)CC1. The second-order valence-electron chi connectivity index (χ2n) is 9.06. The minimum Gasteiger partial charge on any atom is -0.495 e. The van der Waals surface area contributed by atoms with Crippen LogP contribution in [0.25, 0.3) is 21.9 Å². The highest BCUT2D eigenvalue weighted by Gasteiger charge is 2.31. The number of nitrogens with one attached hydrogen (secondary N) is 1. The third-order valence-electron chi connectivity index (χ3n) is 6.51. The van der Waals surface area contributed by atoms with Crippen molar-refractivity contribution in [3.8, 4) is 16.9 Å². The highest BCUT2D eigenvalue weighted by atomic mass is 32.2. The maximum atomic E-state index is 13.4. The molecule has 11 heteroatoms. The summed E-state index contributed by atoms with van der Waals surface area (Å²) in [6.45, 7) is 2.02. The lowest BCUT2D eigenvalue weighted by Gasteiger charge is -2.31. The first kappa shape index (κ1) is 24.9. The summed E-state index contributed by atoms with van der Waals surface area (Å²) in [5.41, 5.74) is 2.18. The van der Waals surface area contributed by atoms with E-state index in [1.165, 1.54) is 23.5 Å². The van der Waals surface area contributed by atoms with Gasteiger partial charge in [0.15, 0.2) is 0 Å². The zero-order valence-electron chi connectivity index (χ0n) is 20.9. The first-order valence-corrected chi connectivity index (χ1v) is 13.3. The first-order chi connectivity index (χ1) is 17.7. The fraction of sp³-hybridized carbons (Fsp3) is 0.269. The number of benzene rings is 2. The Labute approximate surface area is 215 Å². The van der Waals surface area contributed by atoms with Crippen LogP contribution in [0, 0.1) is 0 Å². The maximum Gasteiger partial charge on any atom is 0.256 e. The second kappa shape index (κ2) is 9.92. The van der Waals surface area contributed by atoms with E-state index in [4.69, 9.17) is 4.74 Å². The van der Waals surface area contributed by atoms with E-state index in [1.807, 2.05) is 38.5 Å². The molecule has 1 fully saturated rings. The van der Waals surface area contributed by atoms with E-state index in [9.17, 15) is 13.2 Å². The summed E-state index contributed by atoms with van der Waals surface area (Å²) in [5.74, 6) is 0.0927. The molecule has 0 spiro atoms. The van der Waals surface area contributed by atoms with E-state index in [-0.39, 0.29) is 16.2 Å². The standard InChI is InChI=1S/C26H28N6O4S/c1-30-8-10-32(11-9-30)37(34,35)24-13-19(6-7-23(24)36-3)26(33)29-25-14-21-12-18(4-5-20(21)15-27-25)22-16-28-31(2)17-22/h4-7,12-17H,8-11H2,1-3H3,(H,27,29,33). The van der Waals surface area contributed by atoms with E-state index in [2.05, 4.69) is 20.3 Å². The number of ether oxygens (including phenoxy) is 1. The first-order valence-electron chi connectivity index (χ1n) is 11.8. The van der Waals surface area contributed by atoms with Gasteiger partial charge in [0.2, 0.25) is 10.0 Å². The number of likely N-dealkylation sites (N-methyl/N-ethyl adjacent to an activating group) is 1. The number of aromatic nitrogens is 3. The van der Waals surface area contributed by atoms with Crippen molar-refractivity contribution in [2.75, 3.05) is 45.7 Å². The van der Waals surface area contributed by atoms with Gasteiger partial charge in [-0.3, -0.25) is 9.48 Å². The number of carbonyl (C=O) groups excluding carboxylic acids is 1. The largest absolute Gasteiger partial charge is 0.495 e. The Morgan fingerprint density at radius 3 is 2.43 bits per heavy atom. The fourth-order valence-electron chi connectivity index (χ4n) is 4.33. The monoisotopic (exact) mass is 520 g/mol. The molecular formula is C26H28N6O4S. The van der Waals surface area contributed by atoms with Crippen LogP contribution in [-0.2, 0) is 17.1 Å². The highest BCUT2D eigenvalue weighted by Crippen LogP contribution is 2.29. The molecule has 0 bridgehead atoms. The topological polar surface area (TPSA) is 110 Å². The number of pyridine rings is 1. The normalized spacial score (nSPS) is 15.1. The number of piperazine rings is 1. The van der Waals surface area contributed by atoms with Gasteiger partial charge in [0.25, 0.3) is 5.91 Å². The maximum absolute atomic E-state index is 13.4. The predicted molar refractivity (Wildman–Crippen MR) is 141 cm³/mol. The molecule has 10 nitrogen and oxygen atoms in total. The Morgan fingerprint density at radius 2 is 1.73 bits per heavy atom. The third kappa shape index (κ3) is 5.06. The molecule has 1 N–H and O–H groups in total. The minimum absolute atomic E-state index is 0.0280. The van der Waals surface area contributed by atoms with Gasteiger partial charge in [0.05, 0.1) is 13.3 Å². The summed E-state index contributed by atoms with van der Waals surface area (Å²) < 4.78 is 35.3. The van der Waals surface area contributed by atoms with Gasteiger partial charge in [-0.05, 0) is 48.3 Å².